The number of ether oxygens (including phenoxy) is 1. The van der Waals surface area contributed by atoms with Crippen molar-refractivity contribution in [3.05, 3.63) is 60.6 Å². The van der Waals surface area contributed by atoms with Crippen LogP contribution in [0.2, 0.25) is 0 Å². The van der Waals surface area contributed by atoms with Crippen LogP contribution in [-0.2, 0) is 15.5 Å². The number of nitrogens with zero attached hydrogens (tertiary/aromatic N) is 5. The van der Waals surface area contributed by atoms with Crippen molar-refractivity contribution in [2.75, 3.05) is 18.1 Å². The lowest BCUT2D eigenvalue weighted by atomic mass is 10.0. The number of rotatable bonds is 4. The van der Waals surface area contributed by atoms with Gasteiger partial charge in [0.1, 0.15) is 29.2 Å². The minimum Gasteiger partial charge on any atom is -0.443 e. The third kappa shape index (κ3) is 5.10. The number of carbonyl (C=O) groups is 1. The maximum Gasteiger partial charge on any atom is 0.414 e. The third-order valence-corrected chi connectivity index (χ3v) is 8.18. The molecule has 0 radical (unpaired) electrons. The largest absolute Gasteiger partial charge is 0.443 e. The van der Waals surface area contributed by atoms with Gasteiger partial charge in [0, 0.05) is 57.9 Å². The Balaban J connectivity index is 1.41. The highest BCUT2D eigenvalue weighted by Gasteiger charge is 2.30. The number of halogens is 1. The molecule has 3 aromatic heterocycles. The molecule has 202 valence electrons. The predicted molar refractivity (Wildman–Crippen MR) is 145 cm³/mol. The summed E-state index contributed by atoms with van der Waals surface area (Å²) in [5, 5.41) is 5.50. The Morgan fingerprint density at radius 3 is 2.64 bits per heavy atom. The van der Waals surface area contributed by atoms with E-state index in [2.05, 4.69) is 9.97 Å². The molecule has 0 aliphatic carbocycles. The van der Waals surface area contributed by atoms with Gasteiger partial charge in [0.15, 0.2) is 0 Å². The highest BCUT2D eigenvalue weighted by Crippen LogP contribution is 2.38. The van der Waals surface area contributed by atoms with Gasteiger partial charge in [-0.05, 0) is 63.9 Å². The van der Waals surface area contributed by atoms with Gasteiger partial charge in [-0.1, -0.05) is 0 Å². The molecule has 1 amide bonds. The summed E-state index contributed by atoms with van der Waals surface area (Å²) in [4.78, 5) is 23.2. The van der Waals surface area contributed by atoms with E-state index in [1.165, 1.54) is 18.5 Å². The van der Waals surface area contributed by atoms with E-state index in [1.54, 1.807) is 23.2 Å². The summed E-state index contributed by atoms with van der Waals surface area (Å²) >= 11 is 0. The summed E-state index contributed by atoms with van der Waals surface area (Å²) in [5.41, 5.74) is 3.43. The Labute approximate surface area is 227 Å². The number of amides is 1. The molecular weight excluding hydrogens is 521 g/mol. The first-order chi connectivity index (χ1) is 18.6. The molecule has 1 saturated heterocycles. The van der Waals surface area contributed by atoms with Crippen LogP contribution in [0, 0.1) is 5.82 Å². The van der Waals surface area contributed by atoms with Crippen LogP contribution in [-0.4, -0.2) is 58.6 Å². The molecule has 0 spiro atoms. The van der Waals surface area contributed by atoms with Crippen LogP contribution >= 0.6 is 0 Å². The third-order valence-electron chi connectivity index (χ3n) is 6.67. The minimum atomic E-state index is -0.840. The van der Waals surface area contributed by atoms with E-state index in [0.717, 1.165) is 29.5 Å². The molecule has 1 fully saturated rings. The number of hydrogen-bond acceptors (Lipinski definition) is 7. The van der Waals surface area contributed by atoms with Crippen LogP contribution in [0.25, 0.3) is 39.2 Å². The van der Waals surface area contributed by atoms with Gasteiger partial charge in [-0.3, -0.25) is 13.8 Å². The molecule has 0 unspecified atom stereocenters. The van der Waals surface area contributed by atoms with Gasteiger partial charge in [0.2, 0.25) is 5.71 Å². The summed E-state index contributed by atoms with van der Waals surface area (Å²) in [6, 6.07) is 8.08. The molecule has 2 aliphatic rings. The van der Waals surface area contributed by atoms with Gasteiger partial charge in [-0.2, -0.15) is 5.10 Å². The molecule has 2 aliphatic heterocycles. The normalized spacial score (nSPS) is 19.6. The summed E-state index contributed by atoms with van der Waals surface area (Å²) in [7, 11) is -0.840. The van der Waals surface area contributed by atoms with Crippen molar-refractivity contribution in [2.24, 2.45) is 0 Å². The molecule has 0 bridgehead atoms. The smallest absolute Gasteiger partial charge is 0.414 e. The highest BCUT2D eigenvalue weighted by molar-refractivity contribution is 7.86. The quantitative estimate of drug-likeness (QED) is 0.328. The van der Waals surface area contributed by atoms with E-state index in [1.807, 2.05) is 37.7 Å². The van der Waals surface area contributed by atoms with E-state index in [-0.39, 0.29) is 11.9 Å². The SMILES string of the molecule is CC(C)(C)OC(=O)N1C=C(c2cc3c(-c4cn(C5CS(=O)C5)nc4-c4ccc(F)cc4)ncnc3o2)CCC1. The fourth-order valence-electron chi connectivity index (χ4n) is 4.74. The monoisotopic (exact) mass is 549 g/mol. The number of aromatic nitrogens is 4. The fraction of sp³-hybridized carbons (Fsp3) is 0.357. The van der Waals surface area contributed by atoms with E-state index in [0.29, 0.717) is 46.3 Å². The topological polar surface area (TPSA) is 103 Å². The number of benzene rings is 1. The first-order valence-electron chi connectivity index (χ1n) is 12.8. The molecule has 6 rings (SSSR count). The first-order valence-corrected chi connectivity index (χ1v) is 14.3. The summed E-state index contributed by atoms with van der Waals surface area (Å²) < 4.78 is 39.0. The Bertz CT molecular complexity index is 1610. The van der Waals surface area contributed by atoms with Crippen LogP contribution < -0.4 is 0 Å². The average molecular weight is 550 g/mol. The van der Waals surface area contributed by atoms with Crippen LogP contribution in [0.5, 0.6) is 0 Å². The molecule has 9 nitrogen and oxygen atoms in total. The van der Waals surface area contributed by atoms with Crippen molar-refractivity contribution in [2.45, 2.75) is 45.3 Å². The molecule has 0 N–H and O–H groups in total. The molecular formula is C28H28FN5O4S. The second-order valence-electron chi connectivity index (χ2n) is 10.8. The summed E-state index contributed by atoms with van der Waals surface area (Å²) in [6.45, 7) is 6.08. The zero-order valence-corrected chi connectivity index (χ0v) is 22.7. The van der Waals surface area contributed by atoms with E-state index in [4.69, 9.17) is 14.3 Å². The Kier molecular flexibility index (Phi) is 6.33. The molecule has 39 heavy (non-hydrogen) atoms. The zero-order chi connectivity index (χ0) is 27.3. The Morgan fingerprint density at radius 2 is 1.92 bits per heavy atom. The molecule has 5 heterocycles. The first kappa shape index (κ1) is 25.4. The molecule has 0 saturated carbocycles. The number of carbonyl (C=O) groups excluding carboxylic acids is 1. The molecule has 4 aromatic rings. The number of furan rings is 1. The van der Waals surface area contributed by atoms with Gasteiger partial charge < -0.3 is 9.15 Å². The van der Waals surface area contributed by atoms with Gasteiger partial charge in [-0.15, -0.1) is 0 Å². The minimum absolute atomic E-state index is 0.0299. The standard InChI is InChI=1S/C28H28FN5O4S/c1-28(2,3)38-27(35)33-10-4-5-18(12-33)23-11-21-25(30-16-31-26(21)37-23)22-13-34(20-14-39(36)15-20)32-24(22)17-6-8-19(29)9-7-17/h6-9,11-13,16,20H,4-5,10,14-15H2,1-3H3. The second-order valence-corrected chi connectivity index (χ2v) is 12.3. The summed E-state index contributed by atoms with van der Waals surface area (Å²) in [6.07, 6.45) is 6.23. The van der Waals surface area contributed by atoms with E-state index >= 15 is 0 Å². The van der Waals surface area contributed by atoms with Crippen LogP contribution in [0.1, 0.15) is 45.4 Å². The van der Waals surface area contributed by atoms with Crippen molar-refractivity contribution in [3.8, 4) is 22.5 Å². The second kappa shape index (κ2) is 9.71. The lowest BCUT2D eigenvalue weighted by molar-refractivity contribution is 0.0329. The van der Waals surface area contributed by atoms with Gasteiger partial charge in [-0.25, -0.2) is 19.2 Å². The maximum atomic E-state index is 13.7. The van der Waals surface area contributed by atoms with Crippen molar-refractivity contribution in [3.63, 3.8) is 0 Å². The van der Waals surface area contributed by atoms with Crippen molar-refractivity contribution in [1.82, 2.24) is 24.6 Å². The molecule has 0 atom stereocenters. The Hall–Kier alpha value is -3.86. The lowest BCUT2D eigenvalue weighted by Crippen LogP contribution is -2.35. The van der Waals surface area contributed by atoms with Gasteiger partial charge in [0.25, 0.3) is 0 Å². The van der Waals surface area contributed by atoms with Crippen LogP contribution in [0.3, 0.4) is 0 Å². The Morgan fingerprint density at radius 1 is 1.15 bits per heavy atom. The summed E-state index contributed by atoms with van der Waals surface area (Å²) in [5.74, 6) is 1.35. The lowest BCUT2D eigenvalue weighted by Gasteiger charge is -2.28. The highest BCUT2D eigenvalue weighted by atomic mass is 32.2. The van der Waals surface area contributed by atoms with Crippen molar-refractivity contribution < 1.29 is 22.5 Å². The maximum absolute atomic E-state index is 13.7. The fourth-order valence-corrected chi connectivity index (χ4v) is 5.81. The number of fused-ring (bicyclic) bond motifs is 1. The number of hydrogen-bond donors (Lipinski definition) is 0. The van der Waals surface area contributed by atoms with Gasteiger partial charge >= 0.3 is 6.09 Å². The van der Waals surface area contributed by atoms with E-state index in [9.17, 15) is 13.4 Å². The molecule has 1 aromatic carbocycles. The van der Waals surface area contributed by atoms with Crippen molar-refractivity contribution in [1.29, 1.82) is 0 Å². The van der Waals surface area contributed by atoms with Crippen molar-refractivity contribution >= 4 is 33.6 Å². The van der Waals surface area contributed by atoms with E-state index < -0.39 is 22.5 Å². The average Bonchev–Trinajstić information content (AvgIpc) is 3.51. The van der Waals surface area contributed by atoms with Crippen LogP contribution in [0.4, 0.5) is 9.18 Å². The zero-order valence-electron chi connectivity index (χ0n) is 21.9. The van der Waals surface area contributed by atoms with Crippen LogP contribution in [0.15, 0.2) is 53.5 Å². The molecule has 11 heteroatoms. The predicted octanol–water partition coefficient (Wildman–Crippen LogP) is 5.57. The van der Waals surface area contributed by atoms with Gasteiger partial charge in [0.05, 0.1) is 17.1 Å². The number of allylic oxidation sites excluding steroid dienone is 1.